The van der Waals surface area contributed by atoms with Crippen LogP contribution in [0.3, 0.4) is 0 Å². The number of aryl methyl sites for hydroxylation is 1. The van der Waals surface area contributed by atoms with Crippen LogP contribution in [0.2, 0.25) is 0 Å². The molecule has 1 amide bonds. The van der Waals surface area contributed by atoms with Gasteiger partial charge in [-0.1, -0.05) is 22.0 Å². The SMILES string of the molecule is Cc1nc(-c2cccnc2)sc1CC(=O)Nc1cccc(Br)c1. The highest BCUT2D eigenvalue weighted by atomic mass is 79.9. The van der Waals surface area contributed by atoms with Crippen LogP contribution in [0.5, 0.6) is 0 Å². The molecule has 6 heteroatoms. The minimum absolute atomic E-state index is 0.0485. The number of benzene rings is 1. The Kier molecular flexibility index (Phi) is 4.83. The van der Waals surface area contributed by atoms with Crippen molar-refractivity contribution >= 4 is 38.9 Å². The molecule has 3 aromatic rings. The summed E-state index contributed by atoms with van der Waals surface area (Å²) in [6.45, 7) is 1.93. The van der Waals surface area contributed by atoms with Crippen molar-refractivity contribution in [1.29, 1.82) is 0 Å². The zero-order chi connectivity index (χ0) is 16.2. The molecule has 2 aromatic heterocycles. The maximum atomic E-state index is 12.2. The van der Waals surface area contributed by atoms with Gasteiger partial charge >= 0.3 is 0 Å². The molecular weight excluding hydrogens is 374 g/mol. The number of thiazole rings is 1. The topological polar surface area (TPSA) is 54.9 Å². The number of hydrogen-bond donors (Lipinski definition) is 1. The molecule has 2 heterocycles. The number of aromatic nitrogens is 2. The predicted molar refractivity (Wildman–Crippen MR) is 96.6 cm³/mol. The molecule has 0 atom stereocenters. The van der Waals surface area contributed by atoms with Gasteiger partial charge in [-0.2, -0.15) is 0 Å². The van der Waals surface area contributed by atoms with Crippen molar-refractivity contribution in [3.8, 4) is 10.6 Å². The lowest BCUT2D eigenvalue weighted by atomic mass is 10.2. The van der Waals surface area contributed by atoms with Crippen LogP contribution in [0, 0.1) is 6.92 Å². The summed E-state index contributed by atoms with van der Waals surface area (Å²) in [7, 11) is 0. The third-order valence-electron chi connectivity index (χ3n) is 3.23. The molecule has 0 aliphatic heterocycles. The van der Waals surface area contributed by atoms with E-state index in [0.29, 0.717) is 6.42 Å². The molecular formula is C17H14BrN3OS. The minimum atomic E-state index is -0.0485. The average molecular weight is 388 g/mol. The van der Waals surface area contributed by atoms with E-state index in [1.807, 2.05) is 43.3 Å². The van der Waals surface area contributed by atoms with Crippen molar-refractivity contribution in [3.63, 3.8) is 0 Å². The number of amides is 1. The molecule has 4 nitrogen and oxygen atoms in total. The molecule has 0 radical (unpaired) electrons. The molecule has 3 rings (SSSR count). The lowest BCUT2D eigenvalue weighted by molar-refractivity contribution is -0.115. The van der Waals surface area contributed by atoms with Crippen LogP contribution in [0.15, 0.2) is 53.3 Å². The Bertz CT molecular complexity index is 833. The molecule has 0 aliphatic carbocycles. The third kappa shape index (κ3) is 4.03. The molecule has 0 unspecified atom stereocenters. The van der Waals surface area contributed by atoms with Gasteiger partial charge in [-0.05, 0) is 37.3 Å². The van der Waals surface area contributed by atoms with Crippen molar-refractivity contribution in [3.05, 3.63) is 63.8 Å². The third-order valence-corrected chi connectivity index (χ3v) is 4.93. The molecule has 0 saturated carbocycles. The van der Waals surface area contributed by atoms with Crippen LogP contribution >= 0.6 is 27.3 Å². The van der Waals surface area contributed by atoms with Crippen LogP contribution in [-0.4, -0.2) is 15.9 Å². The Morgan fingerprint density at radius 1 is 1.30 bits per heavy atom. The average Bonchev–Trinajstić information content (AvgIpc) is 2.89. The molecule has 0 spiro atoms. The van der Waals surface area contributed by atoms with Crippen molar-refractivity contribution in [2.45, 2.75) is 13.3 Å². The van der Waals surface area contributed by atoms with E-state index in [4.69, 9.17) is 0 Å². The van der Waals surface area contributed by atoms with Gasteiger partial charge in [0.05, 0.1) is 12.1 Å². The largest absolute Gasteiger partial charge is 0.326 e. The molecule has 0 aliphatic rings. The van der Waals surface area contributed by atoms with E-state index in [2.05, 4.69) is 31.2 Å². The zero-order valence-electron chi connectivity index (χ0n) is 12.4. The van der Waals surface area contributed by atoms with E-state index < -0.39 is 0 Å². The number of halogens is 1. The van der Waals surface area contributed by atoms with Crippen LogP contribution < -0.4 is 5.32 Å². The molecule has 1 N–H and O–H groups in total. The summed E-state index contributed by atoms with van der Waals surface area (Å²) in [4.78, 5) is 21.9. The first-order valence-electron chi connectivity index (χ1n) is 7.04. The van der Waals surface area contributed by atoms with Gasteiger partial charge < -0.3 is 5.32 Å². The number of nitrogens with one attached hydrogen (secondary N) is 1. The maximum Gasteiger partial charge on any atom is 0.229 e. The first-order valence-corrected chi connectivity index (χ1v) is 8.65. The second-order valence-corrected chi connectivity index (χ2v) is 7.00. The molecule has 23 heavy (non-hydrogen) atoms. The summed E-state index contributed by atoms with van der Waals surface area (Å²) < 4.78 is 0.933. The second-order valence-electron chi connectivity index (χ2n) is 5.00. The van der Waals surface area contributed by atoms with Crippen molar-refractivity contribution < 1.29 is 4.79 Å². The summed E-state index contributed by atoms with van der Waals surface area (Å²) >= 11 is 4.93. The van der Waals surface area contributed by atoms with E-state index in [0.717, 1.165) is 31.3 Å². The van der Waals surface area contributed by atoms with E-state index in [9.17, 15) is 4.79 Å². The summed E-state index contributed by atoms with van der Waals surface area (Å²) in [5.74, 6) is -0.0485. The lowest BCUT2D eigenvalue weighted by Crippen LogP contribution is -2.14. The Morgan fingerprint density at radius 2 is 2.17 bits per heavy atom. The molecule has 0 bridgehead atoms. The summed E-state index contributed by atoms with van der Waals surface area (Å²) in [5.41, 5.74) is 2.64. The lowest BCUT2D eigenvalue weighted by Gasteiger charge is -2.04. The zero-order valence-corrected chi connectivity index (χ0v) is 14.8. The summed E-state index contributed by atoms with van der Waals surface area (Å²) in [6.07, 6.45) is 3.83. The maximum absolute atomic E-state index is 12.2. The fourth-order valence-electron chi connectivity index (χ4n) is 2.12. The number of carbonyl (C=O) groups excluding carboxylic acids is 1. The monoisotopic (exact) mass is 387 g/mol. The highest BCUT2D eigenvalue weighted by molar-refractivity contribution is 9.10. The predicted octanol–water partition coefficient (Wildman–Crippen LogP) is 4.46. The number of rotatable bonds is 4. The van der Waals surface area contributed by atoms with Gasteiger partial charge in [0.25, 0.3) is 0 Å². The van der Waals surface area contributed by atoms with E-state index in [-0.39, 0.29) is 5.91 Å². The van der Waals surface area contributed by atoms with Gasteiger partial charge in [0.1, 0.15) is 5.01 Å². The van der Waals surface area contributed by atoms with Gasteiger partial charge in [-0.25, -0.2) is 4.98 Å². The molecule has 116 valence electrons. The molecule has 0 fully saturated rings. The Hall–Kier alpha value is -2.05. The van der Waals surface area contributed by atoms with E-state index in [1.165, 1.54) is 11.3 Å². The molecule has 1 aromatic carbocycles. The number of anilines is 1. The fraction of sp³-hybridized carbons (Fsp3) is 0.118. The van der Waals surface area contributed by atoms with Crippen LogP contribution in [0.25, 0.3) is 10.6 Å². The van der Waals surface area contributed by atoms with Gasteiger partial charge in [0, 0.05) is 33.0 Å². The van der Waals surface area contributed by atoms with Crippen LogP contribution in [0.4, 0.5) is 5.69 Å². The molecule has 0 saturated heterocycles. The van der Waals surface area contributed by atoms with Crippen molar-refractivity contribution in [2.75, 3.05) is 5.32 Å². The van der Waals surface area contributed by atoms with E-state index in [1.54, 1.807) is 12.4 Å². The quantitative estimate of drug-likeness (QED) is 0.718. The number of carbonyl (C=O) groups is 1. The summed E-state index contributed by atoms with van der Waals surface area (Å²) in [6, 6.07) is 11.4. The fourth-order valence-corrected chi connectivity index (χ4v) is 3.57. The first-order chi connectivity index (χ1) is 11.1. The second kappa shape index (κ2) is 7.02. The Labute approximate surface area is 146 Å². The Morgan fingerprint density at radius 3 is 2.91 bits per heavy atom. The van der Waals surface area contributed by atoms with Gasteiger partial charge in [0.15, 0.2) is 0 Å². The number of pyridine rings is 1. The highest BCUT2D eigenvalue weighted by Crippen LogP contribution is 2.28. The summed E-state index contributed by atoms with van der Waals surface area (Å²) in [5, 5.41) is 3.79. The smallest absolute Gasteiger partial charge is 0.229 e. The van der Waals surface area contributed by atoms with Crippen molar-refractivity contribution in [2.24, 2.45) is 0 Å². The van der Waals surface area contributed by atoms with E-state index >= 15 is 0 Å². The normalized spacial score (nSPS) is 10.5. The number of hydrogen-bond acceptors (Lipinski definition) is 4. The minimum Gasteiger partial charge on any atom is -0.326 e. The van der Waals surface area contributed by atoms with Gasteiger partial charge in [-0.3, -0.25) is 9.78 Å². The first kappa shape index (κ1) is 15.8. The van der Waals surface area contributed by atoms with Gasteiger partial charge in [-0.15, -0.1) is 11.3 Å². The van der Waals surface area contributed by atoms with Crippen molar-refractivity contribution in [1.82, 2.24) is 9.97 Å². The van der Waals surface area contributed by atoms with Crippen LogP contribution in [0.1, 0.15) is 10.6 Å². The van der Waals surface area contributed by atoms with Gasteiger partial charge in [0.2, 0.25) is 5.91 Å². The highest BCUT2D eigenvalue weighted by Gasteiger charge is 2.13. The standard InChI is InChI=1S/C17H14BrN3OS/c1-11-15(23-17(20-11)12-4-3-7-19-10-12)9-16(22)21-14-6-2-5-13(18)8-14/h2-8,10H,9H2,1H3,(H,21,22). The van der Waals surface area contributed by atoms with Crippen LogP contribution in [-0.2, 0) is 11.2 Å². The number of nitrogens with zero attached hydrogens (tertiary/aromatic N) is 2. The Balaban J connectivity index is 1.73.